The first-order valence-electron chi connectivity index (χ1n) is 8.04. The molecule has 1 aromatic carbocycles. The molecule has 0 saturated carbocycles. The summed E-state index contributed by atoms with van der Waals surface area (Å²) in [6, 6.07) is 2.13. The summed E-state index contributed by atoms with van der Waals surface area (Å²) in [6.45, 7) is 10.6. The minimum atomic E-state index is -0.00760. The van der Waals surface area contributed by atoms with Gasteiger partial charge in [0.05, 0.1) is 11.9 Å². The average molecular weight is 342 g/mol. The fourth-order valence-corrected chi connectivity index (χ4v) is 3.66. The number of nitrogens with one attached hydrogen (secondary N) is 1. The number of nitrogens with zero attached hydrogens (tertiary/aromatic N) is 3. The summed E-state index contributed by atoms with van der Waals surface area (Å²) in [7, 11) is 0. The number of carbonyl (C=O) groups is 1. The van der Waals surface area contributed by atoms with E-state index >= 15 is 0 Å². The van der Waals surface area contributed by atoms with E-state index in [-0.39, 0.29) is 5.91 Å². The van der Waals surface area contributed by atoms with Crippen molar-refractivity contribution in [2.75, 3.05) is 6.54 Å². The van der Waals surface area contributed by atoms with E-state index in [1.807, 2.05) is 40.8 Å². The number of amides is 1. The molecule has 0 atom stereocenters. The Balaban J connectivity index is 1.68. The molecule has 0 aliphatic heterocycles. The highest BCUT2D eigenvalue weighted by molar-refractivity contribution is 7.16. The van der Waals surface area contributed by atoms with Gasteiger partial charge < -0.3 is 5.32 Å². The Kier molecular flexibility index (Phi) is 4.41. The van der Waals surface area contributed by atoms with Gasteiger partial charge in [-0.3, -0.25) is 4.79 Å². The molecular weight excluding hydrogens is 320 g/mol. The molecule has 0 aliphatic carbocycles. The van der Waals surface area contributed by atoms with Gasteiger partial charge in [-0.1, -0.05) is 17.4 Å². The van der Waals surface area contributed by atoms with Crippen LogP contribution in [0.4, 0.5) is 0 Å². The summed E-state index contributed by atoms with van der Waals surface area (Å²) in [5.41, 5.74) is 6.16. The summed E-state index contributed by atoms with van der Waals surface area (Å²) in [5.74, 6) is -0.00760. The Morgan fingerprint density at radius 1 is 1.17 bits per heavy atom. The van der Waals surface area contributed by atoms with Crippen molar-refractivity contribution in [3.05, 3.63) is 50.8 Å². The predicted octanol–water partition coefficient (Wildman–Crippen LogP) is 3.31. The highest BCUT2D eigenvalue weighted by Gasteiger charge is 2.15. The number of fused-ring (bicyclic) bond motifs is 1. The van der Waals surface area contributed by atoms with E-state index in [0.29, 0.717) is 13.0 Å². The van der Waals surface area contributed by atoms with E-state index in [1.165, 1.54) is 0 Å². The number of carbonyl (C=O) groups excluding carboxylic acids is 1. The average Bonchev–Trinajstić information content (AvgIpc) is 3.02. The summed E-state index contributed by atoms with van der Waals surface area (Å²) in [6.07, 6.45) is 2.63. The second kappa shape index (κ2) is 6.36. The predicted molar refractivity (Wildman–Crippen MR) is 97.0 cm³/mol. The second-order valence-electron chi connectivity index (χ2n) is 6.22. The molecule has 0 bridgehead atoms. The van der Waals surface area contributed by atoms with Gasteiger partial charge >= 0.3 is 0 Å². The van der Waals surface area contributed by atoms with Crippen LogP contribution in [-0.4, -0.2) is 27.0 Å². The standard InChI is InChI=1S/C18H22N4OS/c1-10-8-11(2)13(4)16(12(10)3)17(23)19-7-6-15-9-22-18(20-15)24-14(5)21-22/h8-9H,6-7H2,1-5H3,(H,19,23). The quantitative estimate of drug-likeness (QED) is 0.791. The number of benzene rings is 1. The Morgan fingerprint density at radius 2 is 1.83 bits per heavy atom. The molecule has 2 aromatic heterocycles. The molecule has 126 valence electrons. The molecule has 3 aromatic rings. The molecule has 1 N–H and O–H groups in total. The Morgan fingerprint density at radius 3 is 2.46 bits per heavy atom. The van der Waals surface area contributed by atoms with Crippen molar-refractivity contribution in [2.45, 2.75) is 41.0 Å². The number of aromatic nitrogens is 3. The van der Waals surface area contributed by atoms with Gasteiger partial charge in [0.15, 0.2) is 0 Å². The van der Waals surface area contributed by atoms with Crippen LogP contribution < -0.4 is 5.32 Å². The minimum Gasteiger partial charge on any atom is -0.352 e. The van der Waals surface area contributed by atoms with E-state index in [1.54, 1.807) is 15.9 Å². The van der Waals surface area contributed by atoms with Crippen LogP contribution in [0.15, 0.2) is 12.3 Å². The molecule has 0 saturated heterocycles. The molecule has 3 rings (SSSR count). The second-order valence-corrected chi connectivity index (χ2v) is 7.38. The lowest BCUT2D eigenvalue weighted by atomic mass is 9.94. The first kappa shape index (κ1) is 16.6. The largest absolute Gasteiger partial charge is 0.352 e. The molecule has 5 nitrogen and oxygen atoms in total. The number of aryl methyl sites for hydroxylation is 3. The van der Waals surface area contributed by atoms with Crippen molar-refractivity contribution < 1.29 is 4.79 Å². The van der Waals surface area contributed by atoms with Gasteiger partial charge in [-0.2, -0.15) is 5.10 Å². The zero-order valence-corrected chi connectivity index (χ0v) is 15.5. The zero-order chi connectivity index (χ0) is 17.4. The van der Waals surface area contributed by atoms with Gasteiger partial charge in [0.2, 0.25) is 4.96 Å². The van der Waals surface area contributed by atoms with E-state index in [2.05, 4.69) is 21.5 Å². The number of hydrogen-bond donors (Lipinski definition) is 1. The van der Waals surface area contributed by atoms with Gasteiger partial charge in [-0.15, -0.1) is 0 Å². The lowest BCUT2D eigenvalue weighted by Gasteiger charge is -2.15. The highest BCUT2D eigenvalue weighted by atomic mass is 32.1. The van der Waals surface area contributed by atoms with Gasteiger partial charge in [0, 0.05) is 18.5 Å². The Bertz CT molecular complexity index is 865. The van der Waals surface area contributed by atoms with Crippen molar-refractivity contribution in [2.24, 2.45) is 0 Å². The smallest absolute Gasteiger partial charge is 0.251 e. The molecule has 24 heavy (non-hydrogen) atoms. The fourth-order valence-electron chi connectivity index (χ4n) is 2.92. The normalized spacial score (nSPS) is 11.2. The molecule has 0 spiro atoms. The molecule has 6 heteroatoms. The maximum Gasteiger partial charge on any atom is 0.251 e. The Hall–Kier alpha value is -2.21. The third kappa shape index (κ3) is 3.06. The fraction of sp³-hybridized carbons (Fsp3) is 0.389. The molecule has 1 amide bonds. The zero-order valence-electron chi connectivity index (χ0n) is 14.7. The lowest BCUT2D eigenvalue weighted by molar-refractivity contribution is 0.0952. The number of hydrogen-bond acceptors (Lipinski definition) is 4. The topological polar surface area (TPSA) is 59.3 Å². The van der Waals surface area contributed by atoms with E-state index in [0.717, 1.165) is 43.5 Å². The third-order valence-corrected chi connectivity index (χ3v) is 5.29. The van der Waals surface area contributed by atoms with Gasteiger partial charge in [0.25, 0.3) is 5.91 Å². The third-order valence-electron chi connectivity index (χ3n) is 4.45. The maximum absolute atomic E-state index is 12.6. The molecule has 0 unspecified atom stereocenters. The van der Waals surface area contributed by atoms with Crippen LogP contribution >= 0.6 is 11.3 Å². The molecule has 0 radical (unpaired) electrons. The first-order chi connectivity index (χ1) is 11.4. The number of imidazole rings is 1. The summed E-state index contributed by atoms with van der Waals surface area (Å²) < 4.78 is 1.80. The van der Waals surface area contributed by atoms with E-state index in [4.69, 9.17) is 0 Å². The summed E-state index contributed by atoms with van der Waals surface area (Å²) in [4.78, 5) is 18.0. The monoisotopic (exact) mass is 342 g/mol. The van der Waals surface area contributed by atoms with Crippen molar-refractivity contribution >= 4 is 22.2 Å². The first-order valence-corrected chi connectivity index (χ1v) is 8.85. The maximum atomic E-state index is 12.6. The van der Waals surface area contributed by atoms with Crippen molar-refractivity contribution in [3.63, 3.8) is 0 Å². The Labute approximate surface area is 145 Å². The highest BCUT2D eigenvalue weighted by Crippen LogP contribution is 2.21. The van der Waals surface area contributed by atoms with Crippen LogP contribution in [-0.2, 0) is 6.42 Å². The van der Waals surface area contributed by atoms with Gasteiger partial charge in [-0.25, -0.2) is 9.50 Å². The SMILES string of the molecule is Cc1nn2cc(CCNC(=O)c3c(C)c(C)cc(C)c3C)nc2s1. The molecular formula is C18H22N4OS. The van der Waals surface area contributed by atoms with Crippen molar-refractivity contribution in [3.8, 4) is 0 Å². The van der Waals surface area contributed by atoms with E-state index in [9.17, 15) is 4.79 Å². The van der Waals surface area contributed by atoms with Crippen LogP contribution in [0.25, 0.3) is 4.96 Å². The molecule has 0 aliphatic rings. The number of rotatable bonds is 4. The molecule has 0 fully saturated rings. The van der Waals surface area contributed by atoms with Crippen LogP contribution in [0.1, 0.15) is 43.3 Å². The lowest BCUT2D eigenvalue weighted by Crippen LogP contribution is -2.27. The van der Waals surface area contributed by atoms with Crippen molar-refractivity contribution in [1.82, 2.24) is 19.9 Å². The van der Waals surface area contributed by atoms with E-state index < -0.39 is 0 Å². The van der Waals surface area contributed by atoms with Crippen LogP contribution in [0.3, 0.4) is 0 Å². The van der Waals surface area contributed by atoms with Crippen LogP contribution in [0, 0.1) is 34.6 Å². The van der Waals surface area contributed by atoms with Crippen LogP contribution in [0.5, 0.6) is 0 Å². The summed E-state index contributed by atoms with van der Waals surface area (Å²) in [5, 5.41) is 8.38. The van der Waals surface area contributed by atoms with Gasteiger partial charge in [0.1, 0.15) is 5.01 Å². The minimum absolute atomic E-state index is 0.00760. The van der Waals surface area contributed by atoms with Gasteiger partial charge in [-0.05, 0) is 56.9 Å². The molecule has 2 heterocycles. The van der Waals surface area contributed by atoms with Crippen LogP contribution in [0.2, 0.25) is 0 Å². The van der Waals surface area contributed by atoms with Crippen molar-refractivity contribution in [1.29, 1.82) is 0 Å². The summed E-state index contributed by atoms with van der Waals surface area (Å²) >= 11 is 1.57.